The van der Waals surface area contributed by atoms with Gasteiger partial charge in [-0.15, -0.1) is 0 Å². The van der Waals surface area contributed by atoms with Crippen LogP contribution in [0.25, 0.3) is 0 Å². The second-order valence-electron chi connectivity index (χ2n) is 3.73. The summed E-state index contributed by atoms with van der Waals surface area (Å²) in [5.74, 6) is -1.20. The van der Waals surface area contributed by atoms with Crippen molar-refractivity contribution in [2.24, 2.45) is 0 Å². The maximum atomic E-state index is 13.5. The number of hydrogen-bond donors (Lipinski definition) is 2. The molecule has 0 spiro atoms. The normalized spacial score (nSPS) is 28.5. The molecule has 0 amide bonds. The van der Waals surface area contributed by atoms with Crippen LogP contribution < -0.4 is 11.2 Å². The van der Waals surface area contributed by atoms with Crippen molar-refractivity contribution in [3.8, 4) is 0 Å². The quantitative estimate of drug-likeness (QED) is 0.724. The first-order valence-electron chi connectivity index (χ1n) is 4.94. The number of H-pyrrole nitrogens is 1. The number of alkyl halides is 1. The minimum Gasteiger partial charge on any atom is -0.394 e. The van der Waals surface area contributed by atoms with Crippen LogP contribution >= 0.6 is 0 Å². The van der Waals surface area contributed by atoms with Gasteiger partial charge in [-0.25, -0.2) is 9.18 Å². The molecule has 1 aliphatic rings. The van der Waals surface area contributed by atoms with E-state index in [2.05, 4.69) is 0 Å². The SMILES string of the molecule is O=c1[nH]c(=O)n([C@@H]2O[C@@H](CO)C[C@H]2F)cc1F. The number of aliphatic hydroxyl groups is 1. The highest BCUT2D eigenvalue weighted by Gasteiger charge is 2.37. The van der Waals surface area contributed by atoms with Gasteiger partial charge in [-0.3, -0.25) is 14.3 Å². The van der Waals surface area contributed by atoms with Gasteiger partial charge in [-0.1, -0.05) is 0 Å². The van der Waals surface area contributed by atoms with Crippen LogP contribution in [0.3, 0.4) is 0 Å². The Morgan fingerprint density at radius 2 is 2.29 bits per heavy atom. The molecule has 0 unspecified atom stereocenters. The molecule has 0 saturated carbocycles. The van der Waals surface area contributed by atoms with Crippen LogP contribution in [0, 0.1) is 5.82 Å². The summed E-state index contributed by atoms with van der Waals surface area (Å²) in [5, 5.41) is 8.81. The fraction of sp³-hybridized carbons (Fsp3) is 0.556. The number of aromatic nitrogens is 2. The number of ether oxygens (including phenoxy) is 1. The second kappa shape index (κ2) is 4.38. The lowest BCUT2D eigenvalue weighted by Crippen LogP contribution is -2.36. The van der Waals surface area contributed by atoms with Gasteiger partial charge in [0.2, 0.25) is 5.82 Å². The Kier molecular flexibility index (Phi) is 3.07. The minimum atomic E-state index is -1.55. The number of halogens is 2. The lowest BCUT2D eigenvalue weighted by molar-refractivity contribution is -0.0399. The Morgan fingerprint density at radius 1 is 1.59 bits per heavy atom. The summed E-state index contributed by atoms with van der Waals surface area (Å²) >= 11 is 0. The van der Waals surface area contributed by atoms with Crippen molar-refractivity contribution in [3.63, 3.8) is 0 Å². The van der Waals surface area contributed by atoms with Crippen molar-refractivity contribution in [1.82, 2.24) is 9.55 Å². The molecule has 1 aliphatic heterocycles. The van der Waals surface area contributed by atoms with Gasteiger partial charge in [0.1, 0.15) is 6.17 Å². The Morgan fingerprint density at radius 3 is 2.88 bits per heavy atom. The zero-order valence-electron chi connectivity index (χ0n) is 8.60. The Balaban J connectivity index is 2.38. The van der Waals surface area contributed by atoms with Gasteiger partial charge in [0.25, 0.3) is 5.56 Å². The van der Waals surface area contributed by atoms with E-state index >= 15 is 0 Å². The average molecular weight is 248 g/mol. The van der Waals surface area contributed by atoms with Crippen LogP contribution in [0.4, 0.5) is 8.78 Å². The van der Waals surface area contributed by atoms with Crippen molar-refractivity contribution in [2.75, 3.05) is 6.61 Å². The van der Waals surface area contributed by atoms with Gasteiger partial charge in [-0.2, -0.15) is 4.39 Å². The Bertz CT molecular complexity index is 526. The van der Waals surface area contributed by atoms with E-state index in [1.807, 2.05) is 0 Å². The first-order valence-corrected chi connectivity index (χ1v) is 4.94. The third-order valence-corrected chi connectivity index (χ3v) is 2.53. The van der Waals surface area contributed by atoms with Gasteiger partial charge in [-0.05, 0) is 0 Å². The molecule has 2 N–H and O–H groups in total. The molecular weight excluding hydrogens is 238 g/mol. The fourth-order valence-corrected chi connectivity index (χ4v) is 1.71. The standard InChI is InChI=1S/C9H10F2N2O4/c10-5-1-4(3-14)17-8(5)13-2-6(11)7(15)12-9(13)16/h2,4-5,8,14H,1,3H2,(H,12,15,16)/t4-,5-,8-/m1/s1. The molecule has 0 aromatic carbocycles. The molecule has 0 bridgehead atoms. The molecule has 94 valence electrons. The van der Waals surface area contributed by atoms with Crippen LogP contribution in [0.5, 0.6) is 0 Å². The summed E-state index contributed by atoms with van der Waals surface area (Å²) in [6.45, 7) is -0.391. The Labute approximate surface area is 93.5 Å². The van der Waals surface area contributed by atoms with Crippen molar-refractivity contribution in [1.29, 1.82) is 0 Å². The van der Waals surface area contributed by atoms with E-state index in [0.717, 1.165) is 0 Å². The highest BCUT2D eigenvalue weighted by atomic mass is 19.1. The van der Waals surface area contributed by atoms with Crippen molar-refractivity contribution < 1.29 is 18.6 Å². The molecule has 1 saturated heterocycles. The predicted molar refractivity (Wildman–Crippen MR) is 51.8 cm³/mol. The van der Waals surface area contributed by atoms with Crippen LogP contribution in [0.15, 0.2) is 15.8 Å². The topological polar surface area (TPSA) is 84.3 Å². The smallest absolute Gasteiger partial charge is 0.330 e. The van der Waals surface area contributed by atoms with Crippen LogP contribution in [-0.4, -0.2) is 33.5 Å². The highest BCUT2D eigenvalue weighted by molar-refractivity contribution is 4.91. The first-order chi connectivity index (χ1) is 8.02. The second-order valence-corrected chi connectivity index (χ2v) is 3.73. The Hall–Kier alpha value is -1.54. The van der Waals surface area contributed by atoms with Crippen molar-refractivity contribution in [2.45, 2.75) is 24.9 Å². The molecule has 1 aromatic rings. The van der Waals surface area contributed by atoms with E-state index in [4.69, 9.17) is 9.84 Å². The maximum absolute atomic E-state index is 13.5. The van der Waals surface area contributed by atoms with E-state index in [1.54, 1.807) is 4.98 Å². The number of hydrogen-bond acceptors (Lipinski definition) is 4. The maximum Gasteiger partial charge on any atom is 0.330 e. The van der Waals surface area contributed by atoms with E-state index in [9.17, 15) is 18.4 Å². The highest BCUT2D eigenvalue weighted by Crippen LogP contribution is 2.29. The summed E-state index contributed by atoms with van der Waals surface area (Å²) in [4.78, 5) is 23.8. The van der Waals surface area contributed by atoms with Crippen molar-refractivity contribution >= 4 is 0 Å². The van der Waals surface area contributed by atoms with E-state index in [1.165, 1.54) is 0 Å². The molecule has 0 aliphatic carbocycles. The average Bonchev–Trinajstić information content (AvgIpc) is 2.65. The lowest BCUT2D eigenvalue weighted by Gasteiger charge is -2.15. The van der Waals surface area contributed by atoms with Gasteiger partial charge in [0, 0.05) is 6.42 Å². The zero-order valence-corrected chi connectivity index (χ0v) is 8.60. The van der Waals surface area contributed by atoms with E-state index in [0.29, 0.717) is 10.8 Å². The summed E-state index contributed by atoms with van der Waals surface area (Å²) < 4.78 is 32.2. The number of nitrogens with zero attached hydrogens (tertiary/aromatic N) is 1. The largest absolute Gasteiger partial charge is 0.394 e. The van der Waals surface area contributed by atoms with Crippen LogP contribution in [-0.2, 0) is 4.74 Å². The summed E-state index contributed by atoms with van der Waals surface area (Å²) in [6.07, 6.45) is -3.11. The molecule has 3 atom stereocenters. The third-order valence-electron chi connectivity index (χ3n) is 2.53. The molecule has 8 heteroatoms. The molecule has 2 heterocycles. The van der Waals surface area contributed by atoms with Crippen LogP contribution in [0.1, 0.15) is 12.6 Å². The number of rotatable bonds is 2. The summed E-state index contributed by atoms with van der Waals surface area (Å²) in [6, 6.07) is 0. The molecule has 6 nitrogen and oxygen atoms in total. The number of nitrogens with one attached hydrogen (secondary N) is 1. The van der Waals surface area contributed by atoms with Crippen molar-refractivity contribution in [3.05, 3.63) is 32.9 Å². The molecule has 1 aromatic heterocycles. The molecular formula is C9H10F2N2O4. The first kappa shape index (κ1) is 11.9. The molecule has 1 fully saturated rings. The van der Waals surface area contributed by atoms with Gasteiger partial charge in [0.05, 0.1) is 18.9 Å². The zero-order chi connectivity index (χ0) is 12.6. The monoisotopic (exact) mass is 248 g/mol. The van der Waals surface area contributed by atoms with Crippen LogP contribution in [0.2, 0.25) is 0 Å². The predicted octanol–water partition coefficient (Wildman–Crippen LogP) is -0.706. The summed E-state index contributed by atoms with van der Waals surface area (Å²) in [7, 11) is 0. The fourth-order valence-electron chi connectivity index (χ4n) is 1.71. The van der Waals surface area contributed by atoms with Gasteiger partial charge in [0.15, 0.2) is 6.23 Å². The van der Waals surface area contributed by atoms with E-state index in [-0.39, 0.29) is 6.42 Å². The third kappa shape index (κ3) is 2.13. The molecule has 2 rings (SSSR count). The molecule has 0 radical (unpaired) electrons. The minimum absolute atomic E-state index is 0.0889. The summed E-state index contributed by atoms with van der Waals surface area (Å²) in [5.41, 5.74) is -2.12. The molecule has 17 heavy (non-hydrogen) atoms. The van der Waals surface area contributed by atoms with E-state index < -0.39 is 42.2 Å². The lowest BCUT2D eigenvalue weighted by atomic mass is 10.2. The number of aliphatic hydroxyl groups excluding tert-OH is 1. The number of aromatic amines is 1. The van der Waals surface area contributed by atoms with Gasteiger partial charge < -0.3 is 9.84 Å². The van der Waals surface area contributed by atoms with Gasteiger partial charge >= 0.3 is 5.69 Å².